The van der Waals surface area contributed by atoms with Crippen molar-refractivity contribution in [1.29, 1.82) is 0 Å². The summed E-state index contributed by atoms with van der Waals surface area (Å²) in [5.41, 5.74) is 5.94. The van der Waals surface area contributed by atoms with Crippen molar-refractivity contribution < 1.29 is 9.59 Å². The fourth-order valence-electron chi connectivity index (χ4n) is 1.69. The second-order valence-corrected chi connectivity index (χ2v) is 4.54. The molecular formula is C12H16N2O2. The van der Waals surface area contributed by atoms with Crippen molar-refractivity contribution in [1.82, 2.24) is 4.57 Å². The fraction of sp³-hybridized carbons (Fsp3) is 0.500. The lowest BCUT2D eigenvalue weighted by Crippen LogP contribution is -2.24. The molecule has 2 N–H and O–H groups in total. The van der Waals surface area contributed by atoms with Crippen LogP contribution >= 0.6 is 0 Å². The largest absolute Gasteiger partial charge is 0.369 e. The molecule has 86 valence electrons. The number of amides is 1. The molecule has 0 spiro atoms. The molecular weight excluding hydrogens is 204 g/mol. The maximum Gasteiger partial charge on any atom is 0.222 e. The van der Waals surface area contributed by atoms with Crippen LogP contribution in [-0.2, 0) is 11.3 Å². The van der Waals surface area contributed by atoms with E-state index in [2.05, 4.69) is 0 Å². The SMILES string of the molecule is CC(Cn1ccc(C(=O)C2CC2)c1)C(N)=O. The van der Waals surface area contributed by atoms with Crippen LogP contribution in [0.5, 0.6) is 0 Å². The molecule has 1 fully saturated rings. The van der Waals surface area contributed by atoms with Crippen LogP contribution < -0.4 is 5.73 Å². The van der Waals surface area contributed by atoms with E-state index in [0.717, 1.165) is 18.4 Å². The standard InChI is InChI=1S/C12H16N2O2/c1-8(12(13)16)6-14-5-4-10(7-14)11(15)9-2-3-9/h4-5,7-9H,2-3,6H2,1H3,(H2,13,16). The molecule has 4 nitrogen and oxygen atoms in total. The predicted octanol–water partition coefficient (Wildman–Crippen LogP) is 1.20. The Kier molecular flexibility index (Phi) is 2.81. The smallest absolute Gasteiger partial charge is 0.222 e. The van der Waals surface area contributed by atoms with Crippen LogP contribution in [0.3, 0.4) is 0 Å². The van der Waals surface area contributed by atoms with E-state index < -0.39 is 0 Å². The van der Waals surface area contributed by atoms with Gasteiger partial charge in [0.2, 0.25) is 5.91 Å². The molecule has 1 aromatic heterocycles. The van der Waals surface area contributed by atoms with Crippen LogP contribution in [0.25, 0.3) is 0 Å². The van der Waals surface area contributed by atoms with Gasteiger partial charge in [0.25, 0.3) is 0 Å². The van der Waals surface area contributed by atoms with Crippen molar-refractivity contribution in [2.75, 3.05) is 0 Å². The molecule has 2 rings (SSSR count). The first-order valence-electron chi connectivity index (χ1n) is 5.57. The molecule has 1 aliphatic carbocycles. The second kappa shape index (κ2) is 4.12. The van der Waals surface area contributed by atoms with E-state index in [1.807, 2.05) is 16.8 Å². The zero-order valence-corrected chi connectivity index (χ0v) is 9.35. The summed E-state index contributed by atoms with van der Waals surface area (Å²) in [6.45, 7) is 2.32. The number of rotatable bonds is 5. The number of hydrogen-bond donors (Lipinski definition) is 1. The molecule has 1 atom stereocenters. The van der Waals surface area contributed by atoms with E-state index in [0.29, 0.717) is 6.54 Å². The minimum absolute atomic E-state index is 0.212. The molecule has 0 bridgehead atoms. The van der Waals surface area contributed by atoms with Gasteiger partial charge in [0.1, 0.15) is 0 Å². The summed E-state index contributed by atoms with van der Waals surface area (Å²) in [5, 5.41) is 0. The Bertz CT molecular complexity index is 418. The number of nitrogens with zero attached hydrogens (tertiary/aromatic N) is 1. The van der Waals surface area contributed by atoms with Gasteiger partial charge < -0.3 is 10.3 Å². The minimum Gasteiger partial charge on any atom is -0.369 e. The molecule has 0 aliphatic heterocycles. The van der Waals surface area contributed by atoms with Crippen molar-refractivity contribution in [2.45, 2.75) is 26.3 Å². The van der Waals surface area contributed by atoms with Gasteiger partial charge in [-0.15, -0.1) is 0 Å². The lowest BCUT2D eigenvalue weighted by Gasteiger charge is -2.07. The zero-order chi connectivity index (χ0) is 11.7. The van der Waals surface area contributed by atoms with Crippen molar-refractivity contribution in [3.05, 3.63) is 24.0 Å². The van der Waals surface area contributed by atoms with Crippen LogP contribution in [0, 0.1) is 11.8 Å². The zero-order valence-electron chi connectivity index (χ0n) is 9.35. The van der Waals surface area contributed by atoms with E-state index in [-0.39, 0.29) is 23.5 Å². The number of aromatic nitrogens is 1. The quantitative estimate of drug-likeness (QED) is 0.758. The fourth-order valence-corrected chi connectivity index (χ4v) is 1.69. The van der Waals surface area contributed by atoms with E-state index in [1.54, 1.807) is 13.1 Å². The van der Waals surface area contributed by atoms with E-state index in [9.17, 15) is 9.59 Å². The Morgan fingerprint density at radius 2 is 2.25 bits per heavy atom. The lowest BCUT2D eigenvalue weighted by molar-refractivity contribution is -0.121. The predicted molar refractivity (Wildman–Crippen MR) is 59.8 cm³/mol. The molecule has 1 aromatic rings. The molecule has 1 heterocycles. The highest BCUT2D eigenvalue weighted by atomic mass is 16.1. The van der Waals surface area contributed by atoms with Gasteiger partial charge in [-0.05, 0) is 18.9 Å². The third kappa shape index (κ3) is 2.32. The highest BCUT2D eigenvalue weighted by Gasteiger charge is 2.30. The van der Waals surface area contributed by atoms with Gasteiger partial charge in [-0.25, -0.2) is 0 Å². The van der Waals surface area contributed by atoms with Gasteiger partial charge >= 0.3 is 0 Å². The first kappa shape index (κ1) is 10.9. The Hall–Kier alpha value is -1.58. The van der Waals surface area contributed by atoms with E-state index >= 15 is 0 Å². The minimum atomic E-state index is -0.316. The van der Waals surface area contributed by atoms with Gasteiger partial charge in [-0.3, -0.25) is 9.59 Å². The number of carbonyl (C=O) groups excluding carboxylic acids is 2. The summed E-state index contributed by atoms with van der Waals surface area (Å²) in [5.74, 6) is -0.0602. The summed E-state index contributed by atoms with van der Waals surface area (Å²) in [7, 11) is 0. The summed E-state index contributed by atoms with van der Waals surface area (Å²) in [6.07, 6.45) is 5.67. The second-order valence-electron chi connectivity index (χ2n) is 4.54. The summed E-state index contributed by atoms with van der Waals surface area (Å²) in [4.78, 5) is 22.6. The Balaban J connectivity index is 2.01. The van der Waals surface area contributed by atoms with E-state index in [1.165, 1.54) is 0 Å². The van der Waals surface area contributed by atoms with Gasteiger partial charge in [0, 0.05) is 30.4 Å². The lowest BCUT2D eigenvalue weighted by atomic mass is 10.1. The van der Waals surface area contributed by atoms with Crippen LogP contribution in [0.15, 0.2) is 18.5 Å². The normalized spacial score (nSPS) is 17.1. The molecule has 4 heteroatoms. The average Bonchev–Trinajstić information content (AvgIpc) is 2.98. The highest BCUT2D eigenvalue weighted by molar-refractivity contribution is 5.99. The molecule has 0 saturated heterocycles. The van der Waals surface area contributed by atoms with Crippen molar-refractivity contribution >= 4 is 11.7 Å². The highest BCUT2D eigenvalue weighted by Crippen LogP contribution is 2.32. The molecule has 1 aliphatic rings. The molecule has 1 unspecified atom stereocenters. The summed E-state index contributed by atoms with van der Waals surface area (Å²) < 4.78 is 1.85. The van der Waals surface area contributed by atoms with Crippen LogP contribution in [-0.4, -0.2) is 16.3 Å². The van der Waals surface area contributed by atoms with Gasteiger partial charge in [0.05, 0.1) is 5.92 Å². The first-order chi connectivity index (χ1) is 7.58. The number of carbonyl (C=O) groups is 2. The number of nitrogens with two attached hydrogens (primary N) is 1. The first-order valence-corrected chi connectivity index (χ1v) is 5.57. The number of ketones is 1. The van der Waals surface area contributed by atoms with Crippen molar-refractivity contribution in [3.63, 3.8) is 0 Å². The summed E-state index contributed by atoms with van der Waals surface area (Å²) in [6, 6.07) is 1.81. The monoisotopic (exact) mass is 220 g/mol. The topological polar surface area (TPSA) is 65.1 Å². The van der Waals surface area contributed by atoms with Crippen LogP contribution in [0.4, 0.5) is 0 Å². The Morgan fingerprint density at radius 1 is 1.56 bits per heavy atom. The molecule has 1 saturated carbocycles. The third-order valence-electron chi connectivity index (χ3n) is 2.95. The molecule has 16 heavy (non-hydrogen) atoms. The van der Waals surface area contributed by atoms with E-state index in [4.69, 9.17) is 5.73 Å². The third-order valence-corrected chi connectivity index (χ3v) is 2.95. The maximum atomic E-state index is 11.7. The molecule has 1 amide bonds. The van der Waals surface area contributed by atoms with Crippen LogP contribution in [0.1, 0.15) is 30.1 Å². The maximum absolute atomic E-state index is 11.7. The molecule has 0 aromatic carbocycles. The van der Waals surface area contributed by atoms with Crippen LogP contribution in [0.2, 0.25) is 0 Å². The van der Waals surface area contributed by atoms with Gasteiger partial charge in [-0.2, -0.15) is 0 Å². The number of Topliss-reactive ketones (excluding diaryl/α,β-unsaturated/α-hetero) is 1. The van der Waals surface area contributed by atoms with Gasteiger partial charge in [0.15, 0.2) is 5.78 Å². The average molecular weight is 220 g/mol. The van der Waals surface area contributed by atoms with Crippen molar-refractivity contribution in [3.8, 4) is 0 Å². The van der Waals surface area contributed by atoms with Gasteiger partial charge in [-0.1, -0.05) is 6.92 Å². The Labute approximate surface area is 94.4 Å². The number of hydrogen-bond acceptors (Lipinski definition) is 2. The molecule has 0 radical (unpaired) electrons. The Morgan fingerprint density at radius 3 is 2.81 bits per heavy atom. The number of primary amides is 1. The summed E-state index contributed by atoms with van der Waals surface area (Å²) >= 11 is 0. The van der Waals surface area contributed by atoms with Crippen molar-refractivity contribution in [2.24, 2.45) is 17.6 Å².